The summed E-state index contributed by atoms with van der Waals surface area (Å²) in [6.45, 7) is 11.9. The lowest BCUT2D eigenvalue weighted by molar-refractivity contribution is 0.0972. The van der Waals surface area contributed by atoms with Crippen LogP contribution in [0.15, 0.2) is 46.0 Å². The van der Waals surface area contributed by atoms with Crippen LogP contribution >= 0.6 is 46.4 Å². The van der Waals surface area contributed by atoms with Crippen LogP contribution < -0.4 is 32.6 Å². The molecule has 0 unspecified atom stereocenters. The molecule has 56 heavy (non-hydrogen) atoms. The lowest BCUT2D eigenvalue weighted by Gasteiger charge is -2.41. The number of aryl methyl sites for hydroxylation is 2. The van der Waals surface area contributed by atoms with Crippen molar-refractivity contribution < 1.29 is 9.47 Å². The molecule has 4 aliphatic heterocycles. The van der Waals surface area contributed by atoms with Crippen molar-refractivity contribution in [2.75, 3.05) is 49.2 Å². The number of hydrogen-bond acceptors (Lipinski definition) is 12. The van der Waals surface area contributed by atoms with E-state index in [9.17, 15) is 9.59 Å². The fourth-order valence-electron chi connectivity index (χ4n) is 8.40. The maximum Gasteiger partial charge on any atom is 0.356 e. The van der Waals surface area contributed by atoms with Crippen LogP contribution in [0.4, 0.5) is 11.9 Å². The molecule has 4 atom stereocenters. The van der Waals surface area contributed by atoms with Gasteiger partial charge < -0.3 is 30.7 Å². The SMILES string of the molecule is Cc1nc(N2CCC3(CC2)CO[C@@H](C)[C@H]3N)nc(=O)n1-c1cccc(Cl)c1Cl.Cc1nc(N2CCC3(CC2)CO[C@@H](C)[C@H]3N)nc(=O)n1-c1cccc(Cl)c1Cl. The predicted molar refractivity (Wildman–Crippen MR) is 219 cm³/mol. The predicted octanol–water partition coefficient (Wildman–Crippen LogP) is 5.15. The van der Waals surface area contributed by atoms with Crippen LogP contribution in [0.1, 0.15) is 51.2 Å². The molecule has 0 saturated carbocycles. The van der Waals surface area contributed by atoms with Gasteiger partial charge in [-0.2, -0.15) is 19.9 Å². The number of halogens is 4. The minimum atomic E-state index is -0.429. The van der Waals surface area contributed by atoms with Gasteiger partial charge in [0.2, 0.25) is 11.9 Å². The molecule has 4 N–H and O–H groups in total. The molecular weight excluding hydrogens is 802 g/mol. The van der Waals surface area contributed by atoms with Gasteiger partial charge in [-0.1, -0.05) is 58.5 Å². The third-order valence-electron chi connectivity index (χ3n) is 12.1. The largest absolute Gasteiger partial charge is 0.376 e. The molecule has 0 aliphatic carbocycles. The topological polar surface area (TPSA) is 173 Å². The quantitative estimate of drug-likeness (QED) is 0.277. The molecule has 2 aromatic carbocycles. The molecule has 18 heteroatoms. The Morgan fingerprint density at radius 3 is 1.29 bits per heavy atom. The molecule has 14 nitrogen and oxygen atoms in total. The van der Waals surface area contributed by atoms with Gasteiger partial charge in [0.25, 0.3) is 0 Å². The van der Waals surface area contributed by atoms with Crippen LogP contribution in [-0.4, -0.2) is 92.8 Å². The molecule has 4 aromatic rings. The number of nitrogens with two attached hydrogens (primary N) is 2. The van der Waals surface area contributed by atoms with Crippen molar-refractivity contribution >= 4 is 58.3 Å². The van der Waals surface area contributed by atoms with Crippen LogP contribution in [0.25, 0.3) is 11.4 Å². The molecule has 2 aromatic heterocycles. The average Bonchev–Trinajstić information content (AvgIpc) is 3.60. The number of benzene rings is 2. The molecule has 6 heterocycles. The first-order valence-corrected chi connectivity index (χ1v) is 20.2. The summed E-state index contributed by atoms with van der Waals surface area (Å²) in [6, 6.07) is 10.3. The van der Waals surface area contributed by atoms with Crippen LogP contribution in [0.2, 0.25) is 20.1 Å². The maximum atomic E-state index is 12.8. The molecule has 8 rings (SSSR count). The van der Waals surface area contributed by atoms with Crippen molar-refractivity contribution in [3.63, 3.8) is 0 Å². The minimum absolute atomic E-state index is 0.00819. The second-order valence-electron chi connectivity index (χ2n) is 15.3. The van der Waals surface area contributed by atoms with Gasteiger partial charge in [-0.05, 0) is 77.6 Å². The maximum absolute atomic E-state index is 12.8. The molecule has 4 aliphatic rings. The Morgan fingerprint density at radius 1 is 0.625 bits per heavy atom. The van der Waals surface area contributed by atoms with Gasteiger partial charge in [0.05, 0.1) is 56.9 Å². The first-order valence-electron chi connectivity index (χ1n) is 18.7. The van der Waals surface area contributed by atoms with Crippen molar-refractivity contribution in [1.82, 2.24) is 29.1 Å². The number of nitrogens with zero attached hydrogens (tertiary/aromatic N) is 8. The van der Waals surface area contributed by atoms with Crippen LogP contribution in [0, 0.1) is 24.7 Å². The summed E-state index contributed by atoms with van der Waals surface area (Å²) in [6.07, 6.45) is 3.73. The highest BCUT2D eigenvalue weighted by molar-refractivity contribution is 6.43. The fourth-order valence-corrected chi connectivity index (χ4v) is 9.17. The normalized spacial score (nSPS) is 24.1. The highest BCUT2D eigenvalue weighted by Crippen LogP contribution is 2.43. The van der Waals surface area contributed by atoms with E-state index in [-0.39, 0.29) is 35.1 Å². The Labute approximate surface area is 345 Å². The number of piperidine rings is 2. The van der Waals surface area contributed by atoms with Gasteiger partial charge in [-0.15, -0.1) is 0 Å². The molecule has 4 saturated heterocycles. The zero-order chi connectivity index (χ0) is 40.1. The summed E-state index contributed by atoms with van der Waals surface area (Å²) in [5, 5.41) is 1.35. The Kier molecular flexibility index (Phi) is 11.8. The van der Waals surface area contributed by atoms with E-state index >= 15 is 0 Å². The summed E-state index contributed by atoms with van der Waals surface area (Å²) < 4.78 is 14.3. The summed E-state index contributed by atoms with van der Waals surface area (Å²) in [7, 11) is 0. The van der Waals surface area contributed by atoms with E-state index in [0.717, 1.165) is 51.9 Å². The first kappa shape index (κ1) is 40.8. The fraction of sp³-hybridized carbons (Fsp3) is 0.526. The third kappa shape index (κ3) is 7.55. The molecule has 2 spiro atoms. The number of aromatic nitrogens is 6. The highest BCUT2D eigenvalue weighted by atomic mass is 35.5. The van der Waals surface area contributed by atoms with E-state index in [2.05, 4.69) is 19.9 Å². The monoisotopic (exact) mass is 846 g/mol. The molecular formula is C38H46Cl4N10O4. The van der Waals surface area contributed by atoms with Crippen LogP contribution in [0.3, 0.4) is 0 Å². The van der Waals surface area contributed by atoms with Crippen molar-refractivity contribution in [3.8, 4) is 11.4 Å². The summed E-state index contributed by atoms with van der Waals surface area (Å²) in [5.74, 6) is 1.89. The lowest BCUT2D eigenvalue weighted by atomic mass is 9.73. The van der Waals surface area contributed by atoms with Gasteiger partial charge in [0.15, 0.2) is 0 Å². The van der Waals surface area contributed by atoms with Crippen molar-refractivity contribution in [2.24, 2.45) is 22.3 Å². The van der Waals surface area contributed by atoms with Crippen molar-refractivity contribution in [2.45, 2.75) is 77.7 Å². The smallest absolute Gasteiger partial charge is 0.356 e. The van der Waals surface area contributed by atoms with Gasteiger partial charge in [-0.3, -0.25) is 0 Å². The van der Waals surface area contributed by atoms with Crippen LogP contribution in [-0.2, 0) is 9.47 Å². The second kappa shape index (κ2) is 16.1. The lowest BCUT2D eigenvalue weighted by Crippen LogP contribution is -2.51. The highest BCUT2D eigenvalue weighted by Gasteiger charge is 2.49. The van der Waals surface area contributed by atoms with Crippen LogP contribution in [0.5, 0.6) is 0 Å². The molecule has 0 bridgehead atoms. The number of hydrogen-bond donors (Lipinski definition) is 2. The number of anilines is 2. The summed E-state index contributed by atoms with van der Waals surface area (Å²) >= 11 is 24.7. The van der Waals surface area contributed by atoms with E-state index in [1.807, 2.05) is 23.6 Å². The number of ether oxygens (including phenoxy) is 2. The summed E-state index contributed by atoms with van der Waals surface area (Å²) in [5.41, 5.74) is 12.9. The van der Waals surface area contributed by atoms with E-state index < -0.39 is 11.4 Å². The average molecular weight is 849 g/mol. The Morgan fingerprint density at radius 2 is 0.982 bits per heavy atom. The molecule has 4 fully saturated rings. The summed E-state index contributed by atoms with van der Waals surface area (Å²) in [4.78, 5) is 47.2. The van der Waals surface area contributed by atoms with Gasteiger partial charge >= 0.3 is 11.4 Å². The zero-order valence-corrected chi connectivity index (χ0v) is 34.7. The molecule has 0 radical (unpaired) electrons. The van der Waals surface area contributed by atoms with Crippen molar-refractivity contribution in [3.05, 3.63) is 89.1 Å². The van der Waals surface area contributed by atoms with E-state index in [0.29, 0.717) is 68.2 Å². The zero-order valence-electron chi connectivity index (χ0n) is 31.7. The molecule has 0 amide bonds. The van der Waals surface area contributed by atoms with Crippen molar-refractivity contribution in [1.29, 1.82) is 0 Å². The van der Waals surface area contributed by atoms with E-state index in [4.69, 9.17) is 67.3 Å². The first-order chi connectivity index (χ1) is 26.6. The standard InChI is InChI=1S/2C19H23Cl2N5O2/c2*1-11-16(22)19(10-28-11)6-8-25(9-7-19)17-23-12(2)26(18(27)24-17)14-5-3-4-13(20)15(14)21/h2*3-5,11,16H,6-10,22H2,1-2H3/t2*11-,16+/m00/s1. The second-order valence-corrected chi connectivity index (χ2v) is 16.9. The third-order valence-corrected chi connectivity index (χ3v) is 13.7. The van der Waals surface area contributed by atoms with E-state index in [1.165, 1.54) is 9.13 Å². The number of rotatable bonds is 4. The Balaban J connectivity index is 0.000000172. The van der Waals surface area contributed by atoms with Gasteiger partial charge in [-0.25, -0.2) is 18.7 Å². The Bertz CT molecular complexity index is 2070. The Hall–Kier alpha value is -3.34. The van der Waals surface area contributed by atoms with Gasteiger partial charge in [0, 0.05) is 49.1 Å². The minimum Gasteiger partial charge on any atom is -0.376 e. The van der Waals surface area contributed by atoms with Gasteiger partial charge in [0.1, 0.15) is 11.6 Å². The van der Waals surface area contributed by atoms with E-state index in [1.54, 1.807) is 50.2 Å². The molecule has 300 valence electrons.